The molecule has 8 heteroatoms. The number of nitrogens with zero attached hydrogens (tertiary/aromatic N) is 2. The first-order valence-electron chi connectivity index (χ1n) is 9.23. The lowest BCUT2D eigenvalue weighted by molar-refractivity contribution is 0.102. The van der Waals surface area contributed by atoms with Crippen LogP contribution in [0.3, 0.4) is 0 Å². The molecule has 0 unspecified atom stereocenters. The molecule has 1 aliphatic heterocycles. The molecule has 2 heterocycles. The second kappa shape index (κ2) is 9.39. The van der Waals surface area contributed by atoms with Crippen LogP contribution in [0.25, 0.3) is 5.69 Å². The number of benzene rings is 2. The van der Waals surface area contributed by atoms with Crippen molar-refractivity contribution in [2.75, 3.05) is 18.4 Å². The summed E-state index contributed by atoms with van der Waals surface area (Å²) in [5, 5.41) is 11.3. The van der Waals surface area contributed by atoms with Crippen LogP contribution in [0.4, 0.5) is 10.1 Å². The minimum Gasteiger partial charge on any atom is -0.322 e. The smallest absolute Gasteiger partial charge is 0.259 e. The molecule has 2 aromatic carbocycles. The Morgan fingerprint density at radius 2 is 1.90 bits per heavy atom. The number of aromatic nitrogens is 2. The molecule has 5 nitrogen and oxygen atoms in total. The number of halogens is 3. The Morgan fingerprint density at radius 3 is 2.59 bits per heavy atom. The average Bonchev–Trinajstić information content (AvgIpc) is 3.16. The third-order valence-corrected chi connectivity index (χ3v) is 5.18. The largest absolute Gasteiger partial charge is 0.322 e. The highest BCUT2D eigenvalue weighted by atomic mass is 35.5. The standard InChI is InChI=1S/C21H20ClFN4O.ClH/c22-15-4-6-17(7-5-15)26-21(28)19-13-25-27(18-3-1-2-16(23)12-18)20(19)14-8-10-24-11-9-14;/h1-7,12-14,24H,8-11H2,(H,26,28);1H. The van der Waals surface area contributed by atoms with Gasteiger partial charge in [-0.2, -0.15) is 5.10 Å². The van der Waals surface area contributed by atoms with Gasteiger partial charge in [0.15, 0.2) is 0 Å². The number of hydrogen-bond donors (Lipinski definition) is 2. The summed E-state index contributed by atoms with van der Waals surface area (Å²) in [7, 11) is 0. The van der Waals surface area contributed by atoms with Crippen LogP contribution in [-0.4, -0.2) is 28.8 Å². The predicted octanol–water partition coefficient (Wildman–Crippen LogP) is 4.81. The summed E-state index contributed by atoms with van der Waals surface area (Å²) in [6.45, 7) is 1.74. The number of carbonyl (C=O) groups excluding carboxylic acids is 1. The lowest BCUT2D eigenvalue weighted by Crippen LogP contribution is -2.29. The van der Waals surface area contributed by atoms with Gasteiger partial charge < -0.3 is 10.6 Å². The van der Waals surface area contributed by atoms with E-state index in [2.05, 4.69) is 15.7 Å². The molecule has 29 heavy (non-hydrogen) atoms. The van der Waals surface area contributed by atoms with Gasteiger partial charge in [0.05, 0.1) is 23.1 Å². The van der Waals surface area contributed by atoms with Crippen LogP contribution in [0.15, 0.2) is 54.7 Å². The molecule has 0 spiro atoms. The van der Waals surface area contributed by atoms with Crippen LogP contribution in [0.1, 0.15) is 34.8 Å². The van der Waals surface area contributed by atoms with E-state index >= 15 is 0 Å². The molecule has 0 aliphatic carbocycles. The van der Waals surface area contributed by atoms with Crippen LogP contribution in [0.5, 0.6) is 0 Å². The number of amides is 1. The van der Waals surface area contributed by atoms with Crippen LogP contribution >= 0.6 is 24.0 Å². The van der Waals surface area contributed by atoms with Crippen molar-refractivity contribution in [3.05, 3.63) is 76.8 Å². The molecule has 1 saturated heterocycles. The molecule has 1 aliphatic rings. The van der Waals surface area contributed by atoms with E-state index in [0.29, 0.717) is 22.0 Å². The van der Waals surface area contributed by atoms with E-state index in [4.69, 9.17) is 11.6 Å². The summed E-state index contributed by atoms with van der Waals surface area (Å²) in [5.41, 5.74) is 2.59. The second-order valence-electron chi connectivity index (χ2n) is 6.82. The maximum Gasteiger partial charge on any atom is 0.259 e. The maximum atomic E-state index is 13.8. The number of hydrogen-bond acceptors (Lipinski definition) is 3. The highest BCUT2D eigenvalue weighted by Gasteiger charge is 2.27. The SMILES string of the molecule is Cl.O=C(Nc1ccc(Cl)cc1)c1cnn(-c2cccc(F)c2)c1C1CCNCC1. The number of rotatable bonds is 4. The van der Waals surface area contributed by atoms with Crippen molar-refractivity contribution in [1.29, 1.82) is 0 Å². The molecule has 0 saturated carbocycles. The van der Waals surface area contributed by atoms with E-state index in [1.54, 1.807) is 47.3 Å². The van der Waals surface area contributed by atoms with Gasteiger partial charge in [-0.05, 0) is 68.4 Å². The Hall–Kier alpha value is -2.41. The maximum absolute atomic E-state index is 13.8. The number of nitrogens with one attached hydrogen (secondary N) is 2. The van der Waals surface area contributed by atoms with Gasteiger partial charge in [-0.25, -0.2) is 9.07 Å². The lowest BCUT2D eigenvalue weighted by Gasteiger charge is -2.24. The topological polar surface area (TPSA) is 59.0 Å². The fraction of sp³-hybridized carbons (Fsp3) is 0.238. The molecule has 0 atom stereocenters. The molecule has 2 N–H and O–H groups in total. The zero-order valence-corrected chi connectivity index (χ0v) is 17.1. The first kappa shape index (κ1) is 21.3. The normalized spacial score (nSPS) is 14.3. The Balaban J connectivity index is 0.00000240. The number of anilines is 1. The third-order valence-electron chi connectivity index (χ3n) is 4.93. The summed E-state index contributed by atoms with van der Waals surface area (Å²) < 4.78 is 15.5. The molecule has 0 bridgehead atoms. The minimum absolute atomic E-state index is 0. The predicted molar refractivity (Wildman–Crippen MR) is 115 cm³/mol. The second-order valence-corrected chi connectivity index (χ2v) is 7.26. The highest BCUT2D eigenvalue weighted by Crippen LogP contribution is 2.31. The molecule has 152 valence electrons. The van der Waals surface area contributed by atoms with Gasteiger partial charge in [-0.1, -0.05) is 17.7 Å². The van der Waals surface area contributed by atoms with Gasteiger partial charge in [0.1, 0.15) is 5.82 Å². The van der Waals surface area contributed by atoms with Gasteiger partial charge in [0.25, 0.3) is 5.91 Å². The molecule has 0 radical (unpaired) electrons. The van der Waals surface area contributed by atoms with Gasteiger partial charge in [0, 0.05) is 16.6 Å². The quantitative estimate of drug-likeness (QED) is 0.619. The summed E-state index contributed by atoms with van der Waals surface area (Å²) in [6.07, 6.45) is 3.35. The van der Waals surface area contributed by atoms with Crippen LogP contribution in [-0.2, 0) is 0 Å². The summed E-state index contributed by atoms with van der Waals surface area (Å²) in [5.74, 6) is -0.409. The molecular formula is C21H21Cl2FN4O. The lowest BCUT2D eigenvalue weighted by atomic mass is 9.91. The van der Waals surface area contributed by atoms with E-state index in [-0.39, 0.29) is 30.0 Å². The van der Waals surface area contributed by atoms with Gasteiger partial charge in [-0.3, -0.25) is 4.79 Å². The van der Waals surface area contributed by atoms with Gasteiger partial charge in [-0.15, -0.1) is 12.4 Å². The van der Waals surface area contributed by atoms with Crippen molar-refractivity contribution in [2.24, 2.45) is 0 Å². The van der Waals surface area contributed by atoms with E-state index < -0.39 is 0 Å². The van der Waals surface area contributed by atoms with E-state index in [9.17, 15) is 9.18 Å². The molecule has 3 aromatic rings. The van der Waals surface area contributed by atoms with Crippen molar-refractivity contribution in [1.82, 2.24) is 15.1 Å². The molecular weight excluding hydrogens is 414 g/mol. The van der Waals surface area contributed by atoms with Crippen molar-refractivity contribution in [3.8, 4) is 5.69 Å². The fourth-order valence-electron chi connectivity index (χ4n) is 3.57. The number of piperidine rings is 1. The fourth-order valence-corrected chi connectivity index (χ4v) is 3.69. The first-order chi connectivity index (χ1) is 13.6. The Morgan fingerprint density at radius 1 is 1.17 bits per heavy atom. The summed E-state index contributed by atoms with van der Waals surface area (Å²) >= 11 is 5.91. The molecule has 1 amide bonds. The highest BCUT2D eigenvalue weighted by molar-refractivity contribution is 6.30. The van der Waals surface area contributed by atoms with E-state index in [0.717, 1.165) is 31.6 Å². The van der Waals surface area contributed by atoms with E-state index in [1.165, 1.54) is 12.1 Å². The molecule has 1 fully saturated rings. The van der Waals surface area contributed by atoms with Crippen molar-refractivity contribution in [3.63, 3.8) is 0 Å². The average molecular weight is 435 g/mol. The van der Waals surface area contributed by atoms with E-state index in [1.807, 2.05) is 0 Å². The Kier molecular flexibility index (Phi) is 6.90. The number of carbonyl (C=O) groups is 1. The Bertz CT molecular complexity index is 985. The zero-order chi connectivity index (χ0) is 19.5. The summed E-state index contributed by atoms with van der Waals surface area (Å²) in [6, 6.07) is 13.2. The van der Waals surface area contributed by atoms with Crippen LogP contribution in [0, 0.1) is 5.82 Å². The minimum atomic E-state index is -0.337. The first-order valence-corrected chi connectivity index (χ1v) is 9.61. The zero-order valence-electron chi connectivity index (χ0n) is 15.6. The van der Waals surface area contributed by atoms with Crippen LogP contribution < -0.4 is 10.6 Å². The Labute approximate surface area is 179 Å². The third kappa shape index (κ3) is 4.78. The summed E-state index contributed by atoms with van der Waals surface area (Å²) in [4.78, 5) is 13.0. The van der Waals surface area contributed by atoms with Gasteiger partial charge in [0.2, 0.25) is 0 Å². The monoisotopic (exact) mass is 434 g/mol. The molecule has 1 aromatic heterocycles. The van der Waals surface area contributed by atoms with Crippen molar-refractivity contribution in [2.45, 2.75) is 18.8 Å². The van der Waals surface area contributed by atoms with Gasteiger partial charge >= 0.3 is 0 Å². The van der Waals surface area contributed by atoms with Crippen molar-refractivity contribution < 1.29 is 9.18 Å². The van der Waals surface area contributed by atoms with Crippen LogP contribution in [0.2, 0.25) is 5.02 Å². The van der Waals surface area contributed by atoms with Crippen molar-refractivity contribution >= 4 is 35.6 Å². The molecule has 4 rings (SSSR count).